The summed E-state index contributed by atoms with van der Waals surface area (Å²) in [6.45, 7) is 9.12. The number of aryl methyl sites for hydroxylation is 1. The first-order chi connectivity index (χ1) is 18.6. The molecule has 2 aliphatic rings. The molecule has 1 N–H and O–H groups in total. The summed E-state index contributed by atoms with van der Waals surface area (Å²) in [5, 5.41) is 7.55. The highest BCUT2D eigenvalue weighted by molar-refractivity contribution is 8.00. The molecule has 2 atom stereocenters. The van der Waals surface area contributed by atoms with Crippen molar-refractivity contribution in [2.24, 2.45) is 0 Å². The third-order valence-corrected chi connectivity index (χ3v) is 8.42. The lowest BCUT2D eigenvalue weighted by Gasteiger charge is -2.25. The van der Waals surface area contributed by atoms with Crippen LogP contribution in [-0.4, -0.2) is 53.1 Å². The van der Waals surface area contributed by atoms with E-state index in [1.54, 1.807) is 16.8 Å². The molecule has 206 valence electrons. The van der Waals surface area contributed by atoms with Crippen molar-refractivity contribution >= 4 is 29.4 Å². The van der Waals surface area contributed by atoms with Crippen LogP contribution in [0, 0.1) is 12.7 Å². The summed E-state index contributed by atoms with van der Waals surface area (Å²) in [6.07, 6.45) is 1.88. The predicted octanol–water partition coefficient (Wildman–Crippen LogP) is 5.08. The summed E-state index contributed by atoms with van der Waals surface area (Å²) in [5.74, 6) is -0.203. The number of para-hydroxylation sites is 1. The maximum atomic E-state index is 15.3. The number of amides is 2. The Morgan fingerprint density at radius 1 is 1.18 bits per heavy atom. The fraction of sp³-hybridized carbons (Fsp3) is 0.433. The second kappa shape index (κ2) is 11.1. The van der Waals surface area contributed by atoms with E-state index in [0.717, 1.165) is 35.3 Å². The van der Waals surface area contributed by atoms with Crippen molar-refractivity contribution in [3.05, 3.63) is 76.7 Å². The summed E-state index contributed by atoms with van der Waals surface area (Å²) < 4.78 is 22.7. The average Bonchev–Trinajstić information content (AvgIpc) is 3.53. The highest BCUT2D eigenvalue weighted by Gasteiger charge is 2.40. The quantitative estimate of drug-likeness (QED) is 0.463. The molecule has 1 saturated heterocycles. The first-order valence-electron chi connectivity index (χ1n) is 13.4. The predicted molar refractivity (Wildman–Crippen MR) is 152 cm³/mol. The molecule has 2 amide bonds. The van der Waals surface area contributed by atoms with Gasteiger partial charge < -0.3 is 10.1 Å². The average molecular weight is 551 g/mol. The topological polar surface area (TPSA) is 76.5 Å². The van der Waals surface area contributed by atoms with Crippen molar-refractivity contribution in [1.82, 2.24) is 15.1 Å². The Morgan fingerprint density at radius 3 is 2.62 bits per heavy atom. The fourth-order valence-electron chi connectivity index (χ4n) is 5.21. The van der Waals surface area contributed by atoms with Crippen molar-refractivity contribution in [3.8, 4) is 5.69 Å². The highest BCUT2D eigenvalue weighted by atomic mass is 32.2. The maximum Gasteiger partial charge on any atom is 0.240 e. The number of ether oxygens (including phenoxy) is 1. The molecule has 9 heteroatoms. The zero-order valence-electron chi connectivity index (χ0n) is 22.9. The summed E-state index contributed by atoms with van der Waals surface area (Å²) in [4.78, 5) is 28.5. The minimum atomic E-state index is -0.475. The largest absolute Gasteiger partial charge is 0.376 e. The number of halogens is 1. The number of rotatable bonds is 6. The summed E-state index contributed by atoms with van der Waals surface area (Å²) >= 11 is 1.37. The molecule has 0 aliphatic carbocycles. The van der Waals surface area contributed by atoms with E-state index in [9.17, 15) is 9.59 Å². The van der Waals surface area contributed by atoms with Gasteiger partial charge in [-0.15, -0.1) is 11.8 Å². The number of carbonyl (C=O) groups excluding carboxylic acids is 2. The number of thioether (sulfide) groups is 1. The van der Waals surface area contributed by atoms with Gasteiger partial charge in [-0.05, 0) is 37.5 Å². The molecule has 0 saturated carbocycles. The van der Waals surface area contributed by atoms with E-state index in [2.05, 4.69) is 26.1 Å². The first kappa shape index (κ1) is 27.4. The molecule has 1 aromatic heterocycles. The Bertz CT molecular complexity index is 1380. The Hall–Kier alpha value is -3.17. The zero-order valence-corrected chi connectivity index (χ0v) is 23.7. The van der Waals surface area contributed by atoms with Crippen molar-refractivity contribution < 1.29 is 18.7 Å². The maximum absolute atomic E-state index is 15.3. The minimum absolute atomic E-state index is 0.00433. The number of aromatic nitrogens is 2. The number of hydrogen-bond donors (Lipinski definition) is 1. The van der Waals surface area contributed by atoms with Gasteiger partial charge in [0.15, 0.2) is 0 Å². The van der Waals surface area contributed by atoms with Crippen molar-refractivity contribution in [2.45, 2.75) is 57.3 Å². The molecule has 1 fully saturated rings. The van der Waals surface area contributed by atoms with Gasteiger partial charge in [-0.25, -0.2) is 9.07 Å². The lowest BCUT2D eigenvalue weighted by molar-refractivity contribution is -0.123. The van der Waals surface area contributed by atoms with E-state index in [1.165, 1.54) is 22.7 Å². The Labute approximate surface area is 233 Å². The zero-order chi connectivity index (χ0) is 27.7. The molecular weight excluding hydrogens is 515 g/mol. The monoisotopic (exact) mass is 550 g/mol. The van der Waals surface area contributed by atoms with Gasteiger partial charge in [-0.2, -0.15) is 5.10 Å². The molecule has 39 heavy (non-hydrogen) atoms. The minimum Gasteiger partial charge on any atom is -0.376 e. The number of fused-ring (bicyclic) bond motifs is 1. The third kappa shape index (κ3) is 5.61. The van der Waals surface area contributed by atoms with Crippen LogP contribution in [0.5, 0.6) is 0 Å². The third-order valence-electron chi connectivity index (χ3n) is 7.18. The van der Waals surface area contributed by atoms with Crippen LogP contribution >= 0.6 is 11.8 Å². The molecule has 2 aromatic carbocycles. The van der Waals surface area contributed by atoms with Gasteiger partial charge in [0.25, 0.3) is 0 Å². The SMILES string of the molecule is Cc1ccccc1-n1nc(C(C)(C)C)c2c1N(CC(=O)NC[C@@H]1CCCO1)C(=O)CS[C@@H]2c1ccccc1F. The van der Waals surface area contributed by atoms with Gasteiger partial charge in [-0.1, -0.05) is 57.2 Å². The van der Waals surface area contributed by atoms with Crippen molar-refractivity contribution in [1.29, 1.82) is 0 Å². The molecule has 5 rings (SSSR count). The second-order valence-corrected chi connectivity index (χ2v) is 12.3. The molecule has 0 bridgehead atoms. The van der Waals surface area contributed by atoms with E-state index in [1.807, 2.05) is 37.3 Å². The molecule has 0 radical (unpaired) electrons. The number of nitrogens with one attached hydrogen (secondary N) is 1. The molecule has 3 heterocycles. The molecule has 0 spiro atoms. The lowest BCUT2D eigenvalue weighted by Crippen LogP contribution is -2.44. The van der Waals surface area contributed by atoms with Crippen LogP contribution in [0.3, 0.4) is 0 Å². The summed E-state index contributed by atoms with van der Waals surface area (Å²) in [6, 6.07) is 14.5. The Morgan fingerprint density at radius 2 is 1.92 bits per heavy atom. The van der Waals surface area contributed by atoms with Crippen LogP contribution < -0.4 is 10.2 Å². The van der Waals surface area contributed by atoms with Gasteiger partial charge in [0.05, 0.1) is 28.5 Å². The summed E-state index contributed by atoms with van der Waals surface area (Å²) in [7, 11) is 0. The molecule has 2 aliphatic heterocycles. The highest BCUT2D eigenvalue weighted by Crippen LogP contribution is 2.49. The molecule has 7 nitrogen and oxygen atoms in total. The number of nitrogens with zero attached hydrogens (tertiary/aromatic N) is 3. The van der Waals surface area contributed by atoms with Crippen molar-refractivity contribution in [3.63, 3.8) is 0 Å². The van der Waals surface area contributed by atoms with Gasteiger partial charge >= 0.3 is 0 Å². The van der Waals surface area contributed by atoms with Crippen LogP contribution in [0.4, 0.5) is 10.2 Å². The van der Waals surface area contributed by atoms with Crippen molar-refractivity contribution in [2.75, 3.05) is 30.3 Å². The van der Waals surface area contributed by atoms with E-state index in [-0.39, 0.29) is 36.0 Å². The lowest BCUT2D eigenvalue weighted by atomic mass is 9.87. The number of benzene rings is 2. The standard InChI is InChI=1S/C30H35FN4O3S/c1-19-10-5-8-14-23(19)35-29-26(28(33-35)30(2,3)4)27(21-12-6-7-13-22(21)31)39-18-25(37)34(29)17-24(36)32-16-20-11-9-15-38-20/h5-8,10,12-14,20,27H,9,11,15-18H2,1-4H3,(H,32,36)/t20-,27+/m0/s1. The van der Waals surface area contributed by atoms with Crippen LogP contribution in [0.1, 0.15) is 61.2 Å². The summed E-state index contributed by atoms with van der Waals surface area (Å²) in [5.41, 5.74) is 3.39. The molecule has 3 aromatic rings. The van der Waals surface area contributed by atoms with Gasteiger partial charge in [0.2, 0.25) is 11.8 Å². The Kier molecular flexibility index (Phi) is 7.82. The Balaban J connectivity index is 1.67. The van der Waals surface area contributed by atoms with E-state index < -0.39 is 10.7 Å². The van der Waals surface area contributed by atoms with Crippen LogP contribution in [0.15, 0.2) is 48.5 Å². The smallest absolute Gasteiger partial charge is 0.240 e. The number of anilines is 1. The molecular formula is C30H35FN4O3S. The van der Waals surface area contributed by atoms with E-state index >= 15 is 4.39 Å². The van der Waals surface area contributed by atoms with Crippen LogP contribution in [0.2, 0.25) is 0 Å². The van der Waals surface area contributed by atoms with E-state index in [0.29, 0.717) is 24.5 Å². The molecule has 0 unspecified atom stereocenters. The van der Waals surface area contributed by atoms with Crippen LogP contribution in [0.25, 0.3) is 5.69 Å². The number of hydrogen-bond acceptors (Lipinski definition) is 5. The normalized spacial score (nSPS) is 19.6. The fourth-order valence-corrected chi connectivity index (χ4v) is 6.43. The first-order valence-corrected chi connectivity index (χ1v) is 14.4. The van der Waals surface area contributed by atoms with E-state index in [4.69, 9.17) is 9.84 Å². The van der Waals surface area contributed by atoms with Gasteiger partial charge in [0.1, 0.15) is 18.2 Å². The van der Waals surface area contributed by atoms with Crippen LogP contribution in [-0.2, 0) is 19.7 Å². The van der Waals surface area contributed by atoms with Gasteiger partial charge in [0, 0.05) is 29.7 Å². The second-order valence-electron chi connectivity index (χ2n) is 11.2. The van der Waals surface area contributed by atoms with Gasteiger partial charge in [-0.3, -0.25) is 14.5 Å². The number of carbonyl (C=O) groups is 2.